The van der Waals surface area contributed by atoms with Gasteiger partial charge in [-0.2, -0.15) is 0 Å². The molecule has 5 heteroatoms. The van der Waals surface area contributed by atoms with E-state index in [1.54, 1.807) is 0 Å². The number of sulfone groups is 1. The van der Waals surface area contributed by atoms with Crippen LogP contribution >= 0.6 is 0 Å². The van der Waals surface area contributed by atoms with Crippen LogP contribution < -0.4 is 5.73 Å². The molecule has 1 saturated heterocycles. The number of rotatable bonds is 1. The van der Waals surface area contributed by atoms with Crippen molar-refractivity contribution < 1.29 is 8.42 Å². The molecule has 0 aromatic heterocycles. The van der Waals surface area contributed by atoms with Crippen LogP contribution in [0.15, 0.2) is 0 Å². The molecule has 2 N–H and O–H groups in total. The maximum atomic E-state index is 11.5. The van der Waals surface area contributed by atoms with Gasteiger partial charge in [0.05, 0.1) is 11.5 Å². The summed E-state index contributed by atoms with van der Waals surface area (Å²) in [4.78, 5) is 2.35. The summed E-state index contributed by atoms with van der Waals surface area (Å²) in [6, 6.07) is 0.843. The maximum Gasteiger partial charge on any atom is 0.151 e. The second-order valence-corrected chi connectivity index (χ2v) is 7.43. The Kier molecular flexibility index (Phi) is 3.87. The molecule has 1 heterocycles. The van der Waals surface area contributed by atoms with Crippen molar-refractivity contribution in [3.05, 3.63) is 0 Å². The molecule has 4 nitrogen and oxygen atoms in total. The second kappa shape index (κ2) is 5.02. The lowest BCUT2D eigenvalue weighted by Crippen LogP contribution is -2.43. The molecule has 2 atom stereocenters. The fourth-order valence-electron chi connectivity index (χ4n) is 2.86. The van der Waals surface area contributed by atoms with Gasteiger partial charge in [0, 0.05) is 18.6 Å². The Balaban J connectivity index is 1.94. The van der Waals surface area contributed by atoms with E-state index in [1.807, 2.05) is 0 Å². The summed E-state index contributed by atoms with van der Waals surface area (Å²) >= 11 is 0. The van der Waals surface area contributed by atoms with E-state index in [1.165, 1.54) is 12.8 Å². The van der Waals surface area contributed by atoms with E-state index >= 15 is 0 Å². The number of hydrogen-bond donors (Lipinski definition) is 1. The van der Waals surface area contributed by atoms with E-state index in [0.717, 1.165) is 25.8 Å². The molecule has 2 unspecified atom stereocenters. The third kappa shape index (κ3) is 3.18. The lowest BCUT2D eigenvalue weighted by atomic mass is 9.90. The van der Waals surface area contributed by atoms with Crippen LogP contribution in [0.3, 0.4) is 0 Å². The molecule has 0 aromatic carbocycles. The molecule has 0 aromatic rings. The van der Waals surface area contributed by atoms with Crippen LogP contribution in [0.25, 0.3) is 0 Å². The lowest BCUT2D eigenvalue weighted by molar-refractivity contribution is 0.158. The van der Waals surface area contributed by atoms with E-state index in [0.29, 0.717) is 30.1 Å². The molecule has 94 valence electrons. The van der Waals surface area contributed by atoms with Crippen LogP contribution in [0.5, 0.6) is 0 Å². The van der Waals surface area contributed by atoms with Crippen LogP contribution in [0.2, 0.25) is 0 Å². The Bertz CT molecular complexity index is 329. The average molecular weight is 246 g/mol. The molecule has 2 aliphatic rings. The Morgan fingerprint density at radius 2 is 1.88 bits per heavy atom. The van der Waals surface area contributed by atoms with Gasteiger partial charge in [-0.1, -0.05) is 6.42 Å². The van der Waals surface area contributed by atoms with Crippen molar-refractivity contribution in [2.24, 2.45) is 5.73 Å². The maximum absolute atomic E-state index is 11.5. The lowest BCUT2D eigenvalue weighted by Gasteiger charge is -2.35. The zero-order chi connectivity index (χ0) is 11.6. The first kappa shape index (κ1) is 12.3. The second-order valence-electron chi connectivity index (χ2n) is 5.12. The van der Waals surface area contributed by atoms with Crippen LogP contribution in [-0.2, 0) is 9.84 Å². The van der Waals surface area contributed by atoms with Gasteiger partial charge in [0.15, 0.2) is 9.84 Å². The monoisotopic (exact) mass is 246 g/mol. The molecule has 0 bridgehead atoms. The van der Waals surface area contributed by atoms with Crippen LogP contribution in [-0.4, -0.2) is 50.0 Å². The van der Waals surface area contributed by atoms with Crippen molar-refractivity contribution in [1.29, 1.82) is 0 Å². The summed E-state index contributed by atoms with van der Waals surface area (Å²) in [5, 5.41) is 0. The normalized spacial score (nSPS) is 36.8. The summed E-state index contributed by atoms with van der Waals surface area (Å²) in [5.41, 5.74) is 5.98. The summed E-state index contributed by atoms with van der Waals surface area (Å²) in [6.45, 7) is 1.64. The van der Waals surface area contributed by atoms with Gasteiger partial charge in [-0.3, -0.25) is 4.90 Å². The third-order valence-electron chi connectivity index (χ3n) is 3.79. The van der Waals surface area contributed by atoms with Crippen molar-refractivity contribution in [3.8, 4) is 0 Å². The van der Waals surface area contributed by atoms with Gasteiger partial charge in [0.2, 0.25) is 0 Å². The number of nitrogens with two attached hydrogens (primary N) is 1. The zero-order valence-electron chi connectivity index (χ0n) is 9.77. The SMILES string of the molecule is NC1CCCC(N2CCCS(=O)(=O)CC2)C1. The molecule has 1 aliphatic heterocycles. The molecule has 16 heavy (non-hydrogen) atoms. The highest BCUT2D eigenvalue weighted by Crippen LogP contribution is 2.23. The Morgan fingerprint density at radius 1 is 1.06 bits per heavy atom. The average Bonchev–Trinajstić information content (AvgIpc) is 2.39. The standard InChI is InChI=1S/C11H22N2O2S/c12-10-3-1-4-11(9-10)13-5-2-7-16(14,15)8-6-13/h10-11H,1-9,12H2. The molecule has 1 saturated carbocycles. The molecular formula is C11H22N2O2S. The highest BCUT2D eigenvalue weighted by Gasteiger charge is 2.27. The number of nitrogens with zero attached hydrogens (tertiary/aromatic N) is 1. The molecule has 2 fully saturated rings. The van der Waals surface area contributed by atoms with E-state index in [9.17, 15) is 8.42 Å². The predicted molar refractivity (Wildman–Crippen MR) is 65.1 cm³/mol. The third-order valence-corrected chi connectivity index (χ3v) is 5.51. The Hall–Kier alpha value is -0.130. The molecule has 1 aliphatic carbocycles. The minimum Gasteiger partial charge on any atom is -0.328 e. The quantitative estimate of drug-likeness (QED) is 0.726. The van der Waals surface area contributed by atoms with Crippen LogP contribution in [0.4, 0.5) is 0 Å². The molecule has 0 amide bonds. The smallest absolute Gasteiger partial charge is 0.151 e. The minimum atomic E-state index is -2.78. The van der Waals surface area contributed by atoms with Crippen molar-refractivity contribution in [2.75, 3.05) is 24.6 Å². The Labute approximate surface area is 98.1 Å². The van der Waals surface area contributed by atoms with E-state index in [4.69, 9.17) is 5.73 Å². The van der Waals surface area contributed by atoms with Gasteiger partial charge in [0.25, 0.3) is 0 Å². The highest BCUT2D eigenvalue weighted by atomic mass is 32.2. The molecule has 0 radical (unpaired) electrons. The topological polar surface area (TPSA) is 63.4 Å². The van der Waals surface area contributed by atoms with Crippen molar-refractivity contribution >= 4 is 9.84 Å². The van der Waals surface area contributed by atoms with Gasteiger partial charge >= 0.3 is 0 Å². The fourth-order valence-corrected chi connectivity index (χ4v) is 4.14. The van der Waals surface area contributed by atoms with Crippen molar-refractivity contribution in [2.45, 2.75) is 44.2 Å². The molecule has 0 spiro atoms. The van der Waals surface area contributed by atoms with Crippen LogP contribution in [0.1, 0.15) is 32.1 Å². The first-order valence-corrected chi connectivity index (χ1v) is 8.09. The molecule has 2 rings (SSSR count). The summed E-state index contributed by atoms with van der Waals surface area (Å²) < 4.78 is 23.0. The highest BCUT2D eigenvalue weighted by molar-refractivity contribution is 7.91. The van der Waals surface area contributed by atoms with Gasteiger partial charge in [0.1, 0.15) is 0 Å². The largest absolute Gasteiger partial charge is 0.328 e. The van der Waals surface area contributed by atoms with Gasteiger partial charge in [-0.05, 0) is 32.2 Å². The van der Waals surface area contributed by atoms with Gasteiger partial charge in [-0.15, -0.1) is 0 Å². The summed E-state index contributed by atoms with van der Waals surface area (Å²) in [5.74, 6) is 0.695. The van der Waals surface area contributed by atoms with Gasteiger partial charge < -0.3 is 5.73 Å². The van der Waals surface area contributed by atoms with Crippen molar-refractivity contribution in [1.82, 2.24) is 4.90 Å². The number of hydrogen-bond acceptors (Lipinski definition) is 4. The summed E-state index contributed by atoms with van der Waals surface area (Å²) in [6.07, 6.45) is 5.33. The van der Waals surface area contributed by atoms with Gasteiger partial charge in [-0.25, -0.2) is 8.42 Å². The van der Waals surface area contributed by atoms with E-state index in [-0.39, 0.29) is 0 Å². The van der Waals surface area contributed by atoms with Crippen molar-refractivity contribution in [3.63, 3.8) is 0 Å². The molecular weight excluding hydrogens is 224 g/mol. The van der Waals surface area contributed by atoms with E-state index < -0.39 is 9.84 Å². The first-order chi connectivity index (χ1) is 7.57. The first-order valence-electron chi connectivity index (χ1n) is 6.27. The van der Waals surface area contributed by atoms with E-state index in [2.05, 4.69) is 4.90 Å². The van der Waals surface area contributed by atoms with Crippen LogP contribution in [0, 0.1) is 0 Å². The predicted octanol–water partition coefficient (Wildman–Crippen LogP) is 0.377. The zero-order valence-corrected chi connectivity index (χ0v) is 10.6. The summed E-state index contributed by atoms with van der Waals surface area (Å²) in [7, 11) is -2.78. The Morgan fingerprint density at radius 3 is 2.62 bits per heavy atom. The minimum absolute atomic E-state index is 0.318. The fraction of sp³-hybridized carbons (Fsp3) is 1.00.